The molecule has 5 heteroatoms. The van der Waals surface area contributed by atoms with E-state index < -0.39 is 0 Å². The summed E-state index contributed by atoms with van der Waals surface area (Å²) in [6.45, 7) is 0.584. The molecular weight excluding hydrogens is 228 g/mol. The maximum Gasteiger partial charge on any atom is 0.234 e. The van der Waals surface area contributed by atoms with Gasteiger partial charge < -0.3 is 11.1 Å². The first-order valence-corrected chi connectivity index (χ1v) is 7.71. The lowest BCUT2D eigenvalue weighted by Gasteiger charge is -2.23. The number of amides is 1. The largest absolute Gasteiger partial charge is 0.351 e. The molecule has 1 aliphatic carbocycles. The van der Waals surface area contributed by atoms with E-state index >= 15 is 0 Å². The van der Waals surface area contributed by atoms with Gasteiger partial charge in [0.15, 0.2) is 0 Å². The third-order valence-corrected chi connectivity index (χ3v) is 5.64. The first-order valence-electron chi connectivity index (χ1n) is 5.51. The minimum Gasteiger partial charge on any atom is -0.351 e. The van der Waals surface area contributed by atoms with E-state index in [0.29, 0.717) is 12.5 Å². The van der Waals surface area contributed by atoms with Crippen LogP contribution in [-0.4, -0.2) is 41.0 Å². The van der Waals surface area contributed by atoms with Crippen molar-refractivity contribution in [1.82, 2.24) is 5.32 Å². The lowest BCUT2D eigenvalue weighted by Crippen LogP contribution is -2.46. The fourth-order valence-corrected chi connectivity index (χ4v) is 4.35. The van der Waals surface area contributed by atoms with E-state index in [4.69, 9.17) is 5.73 Å². The summed E-state index contributed by atoms with van der Waals surface area (Å²) < 4.78 is 0. The van der Waals surface area contributed by atoms with Gasteiger partial charge in [0.2, 0.25) is 5.91 Å². The zero-order valence-corrected chi connectivity index (χ0v) is 10.4. The fourth-order valence-electron chi connectivity index (χ4n) is 1.78. The molecule has 2 atom stereocenters. The second-order valence-electron chi connectivity index (χ2n) is 4.12. The van der Waals surface area contributed by atoms with Crippen LogP contribution in [0.3, 0.4) is 0 Å². The molecule has 0 aromatic rings. The summed E-state index contributed by atoms with van der Waals surface area (Å²) in [5.74, 6) is 4.09. The number of hydrogen-bond acceptors (Lipinski definition) is 4. The number of hydrogen-bond donors (Lipinski definition) is 2. The van der Waals surface area contributed by atoms with Gasteiger partial charge in [-0.2, -0.15) is 11.8 Å². The van der Waals surface area contributed by atoms with Crippen LogP contribution in [-0.2, 0) is 4.79 Å². The van der Waals surface area contributed by atoms with Crippen LogP contribution in [0.4, 0.5) is 0 Å². The standard InChI is InChI=1S/C10H18N2OS2/c11-5-8(7-1-2-7)12-10(13)9-6-14-3-4-15-9/h7-9H,1-6,11H2,(H,12,13). The lowest BCUT2D eigenvalue weighted by atomic mass is 10.2. The van der Waals surface area contributed by atoms with Crippen LogP contribution in [0.2, 0.25) is 0 Å². The molecule has 0 aromatic carbocycles. The van der Waals surface area contributed by atoms with E-state index in [2.05, 4.69) is 5.32 Å². The van der Waals surface area contributed by atoms with Crippen molar-refractivity contribution < 1.29 is 4.79 Å². The topological polar surface area (TPSA) is 55.1 Å². The van der Waals surface area contributed by atoms with Gasteiger partial charge in [0.1, 0.15) is 0 Å². The summed E-state index contributed by atoms with van der Waals surface area (Å²) in [4.78, 5) is 11.9. The Balaban J connectivity index is 1.78. The van der Waals surface area contributed by atoms with E-state index in [-0.39, 0.29) is 17.2 Å². The highest BCUT2D eigenvalue weighted by molar-refractivity contribution is 8.07. The Morgan fingerprint density at radius 3 is 2.80 bits per heavy atom. The van der Waals surface area contributed by atoms with Crippen molar-refractivity contribution in [1.29, 1.82) is 0 Å². The third kappa shape index (κ3) is 3.29. The fraction of sp³-hybridized carbons (Fsp3) is 0.900. The molecule has 86 valence electrons. The highest BCUT2D eigenvalue weighted by Gasteiger charge is 2.33. The number of nitrogens with two attached hydrogens (primary N) is 1. The molecule has 1 saturated heterocycles. The third-order valence-electron chi connectivity index (χ3n) is 2.88. The molecule has 0 spiro atoms. The number of carbonyl (C=O) groups is 1. The molecule has 2 aliphatic rings. The molecule has 1 aliphatic heterocycles. The molecule has 3 nitrogen and oxygen atoms in total. The van der Waals surface area contributed by atoms with Crippen LogP contribution in [0.1, 0.15) is 12.8 Å². The molecule has 1 amide bonds. The smallest absolute Gasteiger partial charge is 0.234 e. The predicted molar refractivity (Wildman–Crippen MR) is 67.3 cm³/mol. The molecule has 15 heavy (non-hydrogen) atoms. The van der Waals surface area contributed by atoms with Crippen LogP contribution in [0.5, 0.6) is 0 Å². The summed E-state index contributed by atoms with van der Waals surface area (Å²) in [5.41, 5.74) is 5.66. The minimum atomic E-state index is 0.150. The second-order valence-corrected chi connectivity index (χ2v) is 6.58. The van der Waals surface area contributed by atoms with Crippen molar-refractivity contribution in [2.75, 3.05) is 23.8 Å². The number of rotatable bonds is 4. The van der Waals surface area contributed by atoms with Crippen LogP contribution in [0.15, 0.2) is 0 Å². The predicted octanol–water partition coefficient (Wildman–Crippen LogP) is 0.689. The summed E-state index contributed by atoms with van der Waals surface area (Å²) in [7, 11) is 0. The Labute approximate surface area is 99.3 Å². The van der Waals surface area contributed by atoms with Gasteiger partial charge in [0.05, 0.1) is 5.25 Å². The van der Waals surface area contributed by atoms with Crippen molar-refractivity contribution in [2.24, 2.45) is 11.7 Å². The van der Waals surface area contributed by atoms with Crippen molar-refractivity contribution >= 4 is 29.4 Å². The lowest BCUT2D eigenvalue weighted by molar-refractivity contribution is -0.121. The summed E-state index contributed by atoms with van der Waals surface area (Å²) >= 11 is 3.66. The number of nitrogens with one attached hydrogen (secondary N) is 1. The maximum atomic E-state index is 11.9. The van der Waals surface area contributed by atoms with Gasteiger partial charge >= 0.3 is 0 Å². The average molecular weight is 246 g/mol. The monoisotopic (exact) mass is 246 g/mol. The Morgan fingerprint density at radius 2 is 2.27 bits per heavy atom. The van der Waals surface area contributed by atoms with Gasteiger partial charge in [-0.05, 0) is 18.8 Å². The van der Waals surface area contributed by atoms with Crippen molar-refractivity contribution in [2.45, 2.75) is 24.1 Å². The van der Waals surface area contributed by atoms with Crippen molar-refractivity contribution in [3.8, 4) is 0 Å². The average Bonchev–Trinajstić information content (AvgIpc) is 3.10. The zero-order chi connectivity index (χ0) is 10.7. The Hall–Kier alpha value is 0.130. The van der Waals surface area contributed by atoms with Gasteiger partial charge in [-0.25, -0.2) is 0 Å². The second kappa shape index (κ2) is 5.46. The SMILES string of the molecule is NCC(NC(=O)C1CSCCS1)C1CC1. The van der Waals surface area contributed by atoms with Crippen LogP contribution < -0.4 is 11.1 Å². The maximum absolute atomic E-state index is 11.9. The molecular formula is C10H18N2OS2. The molecule has 2 fully saturated rings. The molecule has 1 heterocycles. The quantitative estimate of drug-likeness (QED) is 0.766. The summed E-state index contributed by atoms with van der Waals surface area (Å²) in [6, 6.07) is 0.227. The molecule has 2 unspecified atom stereocenters. The molecule has 0 radical (unpaired) electrons. The number of thioether (sulfide) groups is 2. The minimum absolute atomic E-state index is 0.150. The molecule has 0 aromatic heterocycles. The Bertz CT molecular complexity index is 227. The first kappa shape index (κ1) is 11.6. The molecule has 3 N–H and O–H groups in total. The van der Waals surface area contributed by atoms with Crippen molar-refractivity contribution in [3.05, 3.63) is 0 Å². The Morgan fingerprint density at radius 1 is 1.47 bits per heavy atom. The van der Waals surface area contributed by atoms with Gasteiger partial charge in [-0.1, -0.05) is 0 Å². The Kier molecular flexibility index (Phi) is 4.22. The van der Waals surface area contributed by atoms with Gasteiger partial charge in [0.25, 0.3) is 0 Å². The van der Waals surface area contributed by atoms with E-state index in [0.717, 1.165) is 11.5 Å². The van der Waals surface area contributed by atoms with Crippen LogP contribution in [0, 0.1) is 5.92 Å². The normalized spacial score (nSPS) is 28.5. The summed E-state index contributed by atoms with van der Waals surface area (Å²) in [6.07, 6.45) is 2.46. The van der Waals surface area contributed by atoms with Crippen molar-refractivity contribution in [3.63, 3.8) is 0 Å². The summed E-state index contributed by atoms with van der Waals surface area (Å²) in [5, 5.41) is 3.25. The van der Waals surface area contributed by atoms with Crippen LogP contribution >= 0.6 is 23.5 Å². The van der Waals surface area contributed by atoms with E-state index in [1.807, 2.05) is 11.8 Å². The molecule has 2 rings (SSSR count). The van der Waals surface area contributed by atoms with E-state index in [9.17, 15) is 4.79 Å². The molecule has 1 saturated carbocycles. The van der Waals surface area contributed by atoms with E-state index in [1.54, 1.807) is 11.8 Å². The van der Waals surface area contributed by atoms with Crippen LogP contribution in [0.25, 0.3) is 0 Å². The van der Waals surface area contributed by atoms with Gasteiger partial charge in [0, 0.05) is 29.8 Å². The highest BCUT2D eigenvalue weighted by atomic mass is 32.2. The van der Waals surface area contributed by atoms with Gasteiger partial charge in [-0.3, -0.25) is 4.79 Å². The van der Waals surface area contributed by atoms with E-state index in [1.165, 1.54) is 18.6 Å². The first-order chi connectivity index (χ1) is 7.31. The number of carbonyl (C=O) groups excluding carboxylic acids is 1. The highest BCUT2D eigenvalue weighted by Crippen LogP contribution is 2.32. The van der Waals surface area contributed by atoms with Gasteiger partial charge in [-0.15, -0.1) is 11.8 Å². The molecule has 0 bridgehead atoms. The zero-order valence-electron chi connectivity index (χ0n) is 8.78.